The van der Waals surface area contributed by atoms with E-state index in [1.807, 2.05) is 36.4 Å². The summed E-state index contributed by atoms with van der Waals surface area (Å²) in [6.07, 6.45) is 2.78. The fourth-order valence-electron chi connectivity index (χ4n) is 3.37. The second kappa shape index (κ2) is 8.35. The van der Waals surface area contributed by atoms with Crippen LogP contribution in [0.5, 0.6) is 0 Å². The van der Waals surface area contributed by atoms with E-state index in [1.54, 1.807) is 13.8 Å². The molecule has 0 aliphatic heterocycles. The van der Waals surface area contributed by atoms with Crippen molar-refractivity contribution in [3.05, 3.63) is 42.1 Å². The van der Waals surface area contributed by atoms with E-state index in [0.29, 0.717) is 32.2 Å². The van der Waals surface area contributed by atoms with Crippen molar-refractivity contribution in [3.8, 4) is 0 Å². The van der Waals surface area contributed by atoms with Crippen LogP contribution in [-0.2, 0) is 21.4 Å². The molecule has 1 aliphatic rings. The molecule has 27 heavy (non-hydrogen) atoms. The Morgan fingerprint density at radius 3 is 2.52 bits per heavy atom. The first-order chi connectivity index (χ1) is 12.8. The van der Waals surface area contributed by atoms with E-state index < -0.39 is 15.3 Å². The molecule has 0 radical (unpaired) electrons. The van der Waals surface area contributed by atoms with Crippen molar-refractivity contribution in [1.82, 2.24) is 15.0 Å². The lowest BCUT2D eigenvalue weighted by atomic mass is 9.86. The summed E-state index contributed by atoms with van der Waals surface area (Å²) in [4.78, 5) is 17.0. The first kappa shape index (κ1) is 19.8. The lowest BCUT2D eigenvalue weighted by Crippen LogP contribution is -2.43. The zero-order chi connectivity index (χ0) is 19.4. The number of fused-ring (bicyclic) bond motifs is 1. The lowest BCUT2D eigenvalue weighted by molar-refractivity contribution is -0.126. The predicted molar refractivity (Wildman–Crippen MR) is 107 cm³/mol. The predicted octanol–water partition coefficient (Wildman–Crippen LogP) is 2.74. The summed E-state index contributed by atoms with van der Waals surface area (Å²) in [6.45, 7) is 3.74. The van der Waals surface area contributed by atoms with Crippen LogP contribution in [0, 0.1) is 5.92 Å². The van der Waals surface area contributed by atoms with E-state index in [4.69, 9.17) is 0 Å². The average Bonchev–Trinajstić information content (AvgIpc) is 2.66. The molecular weight excluding hydrogens is 362 g/mol. The quantitative estimate of drug-likeness (QED) is 0.795. The molecule has 2 aromatic rings. The minimum Gasteiger partial charge on any atom is -0.350 e. The minimum absolute atomic E-state index is 0.0233. The number of amides is 1. The monoisotopic (exact) mass is 389 g/mol. The first-order valence-electron chi connectivity index (χ1n) is 9.48. The summed E-state index contributed by atoms with van der Waals surface area (Å²) in [6, 6.07) is 11.8. The number of pyridine rings is 1. The number of rotatable bonds is 6. The third-order valence-corrected chi connectivity index (χ3v) is 7.05. The van der Waals surface area contributed by atoms with Gasteiger partial charge in [-0.15, -0.1) is 0 Å². The summed E-state index contributed by atoms with van der Waals surface area (Å²) < 4.78 is 26.7. The maximum atomic E-state index is 12.5. The highest BCUT2D eigenvalue weighted by Crippen LogP contribution is 2.25. The number of nitrogens with zero attached hydrogens (tertiary/aromatic N) is 1. The normalized spacial score (nSPS) is 20.7. The van der Waals surface area contributed by atoms with Crippen molar-refractivity contribution in [1.29, 1.82) is 0 Å². The number of sulfonamides is 1. The van der Waals surface area contributed by atoms with E-state index in [9.17, 15) is 13.2 Å². The maximum Gasteiger partial charge on any atom is 0.223 e. The van der Waals surface area contributed by atoms with Gasteiger partial charge in [-0.1, -0.05) is 24.3 Å². The Balaban J connectivity index is 1.49. The van der Waals surface area contributed by atoms with Crippen LogP contribution in [-0.4, -0.2) is 30.6 Å². The number of nitrogens with one attached hydrogen (secondary N) is 2. The molecule has 0 saturated heterocycles. The van der Waals surface area contributed by atoms with Gasteiger partial charge in [-0.3, -0.25) is 9.78 Å². The fourth-order valence-corrected chi connectivity index (χ4v) is 4.34. The van der Waals surface area contributed by atoms with Crippen molar-refractivity contribution in [3.63, 3.8) is 0 Å². The van der Waals surface area contributed by atoms with Gasteiger partial charge < -0.3 is 5.32 Å². The maximum absolute atomic E-state index is 12.5. The van der Waals surface area contributed by atoms with Crippen LogP contribution in [0.1, 0.15) is 45.2 Å². The van der Waals surface area contributed by atoms with Gasteiger partial charge in [0.2, 0.25) is 15.9 Å². The van der Waals surface area contributed by atoms with Gasteiger partial charge >= 0.3 is 0 Å². The van der Waals surface area contributed by atoms with Crippen LogP contribution in [0.3, 0.4) is 0 Å². The highest BCUT2D eigenvalue weighted by Gasteiger charge is 2.29. The van der Waals surface area contributed by atoms with Crippen LogP contribution in [0.4, 0.5) is 0 Å². The van der Waals surface area contributed by atoms with Gasteiger partial charge in [-0.05, 0) is 51.7 Å². The molecule has 0 bridgehead atoms. The van der Waals surface area contributed by atoms with Gasteiger partial charge in [0, 0.05) is 17.3 Å². The van der Waals surface area contributed by atoms with E-state index in [2.05, 4.69) is 15.0 Å². The van der Waals surface area contributed by atoms with Crippen molar-refractivity contribution >= 4 is 26.8 Å². The average molecular weight is 390 g/mol. The van der Waals surface area contributed by atoms with Crippen LogP contribution in [0.25, 0.3) is 10.9 Å². The molecular formula is C20H27N3O3S. The zero-order valence-electron chi connectivity index (χ0n) is 15.8. The number of aromatic nitrogens is 1. The molecule has 1 saturated carbocycles. The largest absolute Gasteiger partial charge is 0.350 e. The molecule has 1 fully saturated rings. The molecule has 0 spiro atoms. The van der Waals surface area contributed by atoms with Gasteiger partial charge in [0.15, 0.2) is 0 Å². The highest BCUT2D eigenvalue weighted by molar-refractivity contribution is 7.90. The smallest absolute Gasteiger partial charge is 0.223 e. The Hall–Kier alpha value is -1.99. The van der Waals surface area contributed by atoms with E-state index in [-0.39, 0.29) is 17.9 Å². The molecule has 0 atom stereocenters. The highest BCUT2D eigenvalue weighted by atomic mass is 32.2. The van der Waals surface area contributed by atoms with Gasteiger partial charge in [0.05, 0.1) is 23.0 Å². The van der Waals surface area contributed by atoms with E-state index >= 15 is 0 Å². The molecule has 2 N–H and O–H groups in total. The first-order valence-corrected chi connectivity index (χ1v) is 11.0. The number of carbonyl (C=O) groups is 1. The molecule has 1 aromatic heterocycles. The second-order valence-corrected chi connectivity index (χ2v) is 9.74. The van der Waals surface area contributed by atoms with E-state index in [0.717, 1.165) is 16.6 Å². The van der Waals surface area contributed by atoms with Crippen LogP contribution in [0.2, 0.25) is 0 Å². The molecule has 1 aromatic carbocycles. The van der Waals surface area contributed by atoms with Crippen LogP contribution in [0.15, 0.2) is 36.4 Å². The van der Waals surface area contributed by atoms with Crippen molar-refractivity contribution in [2.24, 2.45) is 5.92 Å². The summed E-state index contributed by atoms with van der Waals surface area (Å²) in [5, 5.41) is 3.62. The Kier molecular flexibility index (Phi) is 6.11. The molecule has 6 nitrogen and oxygen atoms in total. The standard InChI is InChI=1S/C20H27N3O3S/c1-14(2)27(25,26)23-17-10-8-16(9-11-17)20(24)21-13-18-12-7-15-5-3-4-6-19(15)22-18/h3-7,12,14,16-17,23H,8-11,13H2,1-2H3,(H,21,24). The Labute approximate surface area is 160 Å². The van der Waals surface area contributed by atoms with E-state index in [1.165, 1.54) is 0 Å². The third-order valence-electron chi connectivity index (χ3n) is 5.15. The Bertz CT molecular complexity index is 904. The summed E-state index contributed by atoms with van der Waals surface area (Å²) in [7, 11) is -3.26. The summed E-state index contributed by atoms with van der Waals surface area (Å²) >= 11 is 0. The lowest BCUT2D eigenvalue weighted by Gasteiger charge is -2.28. The van der Waals surface area contributed by atoms with Crippen LogP contribution >= 0.6 is 0 Å². The van der Waals surface area contributed by atoms with Crippen molar-refractivity contribution in [2.45, 2.75) is 57.4 Å². The molecule has 3 rings (SSSR count). The number of para-hydroxylation sites is 1. The Morgan fingerprint density at radius 2 is 1.81 bits per heavy atom. The molecule has 0 unspecified atom stereocenters. The third kappa shape index (κ3) is 5.05. The molecule has 146 valence electrons. The number of hydrogen-bond donors (Lipinski definition) is 2. The van der Waals surface area contributed by atoms with Crippen molar-refractivity contribution < 1.29 is 13.2 Å². The second-order valence-electron chi connectivity index (χ2n) is 7.47. The Morgan fingerprint density at radius 1 is 1.11 bits per heavy atom. The van der Waals surface area contributed by atoms with Gasteiger partial charge in [0.1, 0.15) is 0 Å². The van der Waals surface area contributed by atoms with Crippen molar-refractivity contribution in [2.75, 3.05) is 0 Å². The molecule has 7 heteroatoms. The SMILES string of the molecule is CC(C)S(=O)(=O)NC1CCC(C(=O)NCc2ccc3ccccc3n2)CC1. The van der Waals surface area contributed by atoms with Gasteiger partial charge in [0.25, 0.3) is 0 Å². The molecule has 1 heterocycles. The zero-order valence-corrected chi connectivity index (χ0v) is 16.6. The summed E-state index contributed by atoms with van der Waals surface area (Å²) in [5.74, 6) is -0.0413. The molecule has 1 aliphatic carbocycles. The number of hydrogen-bond acceptors (Lipinski definition) is 4. The summed E-state index contributed by atoms with van der Waals surface area (Å²) in [5.41, 5.74) is 1.75. The minimum atomic E-state index is -3.26. The topological polar surface area (TPSA) is 88.2 Å². The number of benzene rings is 1. The van der Waals surface area contributed by atoms with Crippen LogP contribution < -0.4 is 10.0 Å². The number of carbonyl (C=O) groups excluding carboxylic acids is 1. The van der Waals surface area contributed by atoms with Gasteiger partial charge in [-0.25, -0.2) is 13.1 Å². The molecule has 1 amide bonds. The van der Waals surface area contributed by atoms with Gasteiger partial charge in [-0.2, -0.15) is 0 Å². The fraction of sp³-hybridized carbons (Fsp3) is 0.500.